The van der Waals surface area contributed by atoms with Crippen LogP contribution in [0.2, 0.25) is 19.1 Å². The first kappa shape index (κ1) is 12.5. The van der Waals surface area contributed by atoms with Crippen molar-refractivity contribution < 1.29 is 14.3 Å². The van der Waals surface area contributed by atoms with Gasteiger partial charge in [0, 0.05) is 0 Å². The Morgan fingerprint density at radius 2 is 1.85 bits per heavy atom. The molecule has 0 atom stereocenters. The lowest BCUT2D eigenvalue weighted by molar-refractivity contribution is 0.141. The van der Waals surface area contributed by atoms with Gasteiger partial charge in [-0.15, -0.1) is 0 Å². The number of carbonyl (C=O) groups is 1. The summed E-state index contributed by atoms with van der Waals surface area (Å²) in [6.07, 6.45) is 1.09. The van der Waals surface area contributed by atoms with Crippen LogP contribution in [0.3, 0.4) is 0 Å². The first-order valence-corrected chi connectivity index (χ1v) is 7.94. The molecule has 0 saturated carbocycles. The van der Waals surface area contributed by atoms with E-state index in [0.717, 1.165) is 18.9 Å². The van der Waals surface area contributed by atoms with E-state index in [9.17, 15) is 4.79 Å². The molecule has 0 aliphatic heterocycles. The fraction of sp³-hybridized carbons (Fsp3) is 0.889. The van der Waals surface area contributed by atoms with Gasteiger partial charge in [0.05, 0.1) is 0 Å². The van der Waals surface area contributed by atoms with E-state index < -0.39 is 14.5 Å². The molecular weight excluding hydrogens is 184 g/mol. The second-order valence-corrected chi connectivity index (χ2v) is 8.15. The van der Waals surface area contributed by atoms with E-state index in [4.69, 9.17) is 9.53 Å². The zero-order valence-corrected chi connectivity index (χ0v) is 9.96. The first-order chi connectivity index (χ1) is 5.91. The molecule has 0 bridgehead atoms. The molecular formula is C9H20O3Si. The van der Waals surface area contributed by atoms with Gasteiger partial charge in [0.1, 0.15) is 0 Å². The van der Waals surface area contributed by atoms with Crippen molar-refractivity contribution in [3.63, 3.8) is 0 Å². The molecule has 1 N–H and O–H groups in total. The average Bonchev–Trinajstić information content (AvgIpc) is 1.97. The van der Waals surface area contributed by atoms with Crippen LogP contribution in [-0.4, -0.2) is 19.6 Å². The van der Waals surface area contributed by atoms with Gasteiger partial charge in [-0.3, -0.25) is 0 Å². The van der Waals surface area contributed by atoms with Gasteiger partial charge in [0.2, 0.25) is 0 Å². The molecule has 78 valence electrons. The third-order valence-corrected chi connectivity index (χ3v) is 4.59. The molecule has 0 aromatic heterocycles. The molecule has 0 saturated heterocycles. The molecule has 0 fully saturated rings. The van der Waals surface area contributed by atoms with Crippen LogP contribution in [0.5, 0.6) is 0 Å². The van der Waals surface area contributed by atoms with Gasteiger partial charge >= 0.3 is 6.16 Å². The molecule has 0 amide bonds. The van der Waals surface area contributed by atoms with E-state index >= 15 is 0 Å². The second-order valence-electron chi connectivity index (χ2n) is 4.01. The highest BCUT2D eigenvalue weighted by molar-refractivity contribution is 6.72. The summed E-state index contributed by atoms with van der Waals surface area (Å²) in [5.41, 5.74) is 0. The third-order valence-electron chi connectivity index (χ3n) is 2.30. The van der Waals surface area contributed by atoms with Crippen LogP contribution >= 0.6 is 0 Å². The Morgan fingerprint density at radius 1 is 1.38 bits per heavy atom. The lowest BCUT2D eigenvalue weighted by atomic mass is 10.1. The van der Waals surface area contributed by atoms with Gasteiger partial charge in [-0.2, -0.15) is 0 Å². The van der Waals surface area contributed by atoms with E-state index in [-0.39, 0.29) is 0 Å². The molecule has 4 heteroatoms. The lowest BCUT2D eigenvalue weighted by Crippen LogP contribution is -2.34. The Morgan fingerprint density at radius 3 is 2.15 bits per heavy atom. The maximum absolute atomic E-state index is 10.4. The molecule has 0 aliphatic rings. The first-order valence-electron chi connectivity index (χ1n) is 4.83. The van der Waals surface area contributed by atoms with E-state index in [1.54, 1.807) is 0 Å². The van der Waals surface area contributed by atoms with Gasteiger partial charge in [-0.25, -0.2) is 4.79 Å². The summed E-state index contributed by atoms with van der Waals surface area (Å²) in [7, 11) is -1.97. The monoisotopic (exact) mass is 204 g/mol. The highest BCUT2D eigenvalue weighted by Crippen LogP contribution is 2.23. The Hall–Kier alpha value is -0.513. The highest BCUT2D eigenvalue weighted by atomic mass is 28.4. The molecule has 0 rings (SSSR count). The quantitative estimate of drug-likeness (QED) is 0.699. The topological polar surface area (TPSA) is 46.5 Å². The lowest BCUT2D eigenvalue weighted by Gasteiger charge is -2.24. The van der Waals surface area contributed by atoms with Crippen LogP contribution in [0.4, 0.5) is 4.79 Å². The maximum Gasteiger partial charge on any atom is 0.491 e. The predicted octanol–water partition coefficient (Wildman–Crippen LogP) is 3.32. The molecule has 0 aromatic rings. The zero-order chi connectivity index (χ0) is 10.5. The highest BCUT2D eigenvalue weighted by Gasteiger charge is 2.29. The van der Waals surface area contributed by atoms with Crippen molar-refractivity contribution in [3.05, 3.63) is 0 Å². The van der Waals surface area contributed by atoms with Crippen molar-refractivity contribution in [2.45, 2.75) is 45.8 Å². The number of carboxylic acid groups (broad SMARTS) is 1. The minimum Gasteiger partial charge on any atom is -0.490 e. The smallest absolute Gasteiger partial charge is 0.490 e. The van der Waals surface area contributed by atoms with Crippen LogP contribution in [0.15, 0.2) is 0 Å². The number of rotatable bonds is 5. The van der Waals surface area contributed by atoms with Gasteiger partial charge in [0.15, 0.2) is 0 Å². The summed E-state index contributed by atoms with van der Waals surface area (Å²) in [5, 5.41) is 8.52. The standard InChI is InChI=1S/C9H20O3Si/c1-5-8(6-2)7-13(3,4)12-9(10)11/h8H,5-7H2,1-4H3,(H,10,11). The van der Waals surface area contributed by atoms with Gasteiger partial charge in [0.25, 0.3) is 8.32 Å². The van der Waals surface area contributed by atoms with Crippen LogP contribution in [0, 0.1) is 5.92 Å². The molecule has 0 aromatic carbocycles. The van der Waals surface area contributed by atoms with Crippen molar-refractivity contribution in [1.29, 1.82) is 0 Å². The predicted molar refractivity (Wildman–Crippen MR) is 55.5 cm³/mol. The Kier molecular flexibility index (Phi) is 5.06. The second kappa shape index (κ2) is 5.27. The third kappa shape index (κ3) is 5.68. The Labute approximate surface area is 81.2 Å². The van der Waals surface area contributed by atoms with Crippen molar-refractivity contribution in [2.75, 3.05) is 0 Å². The van der Waals surface area contributed by atoms with Gasteiger partial charge in [-0.05, 0) is 25.1 Å². The Balaban J connectivity index is 4.05. The maximum atomic E-state index is 10.4. The van der Waals surface area contributed by atoms with Crippen LogP contribution < -0.4 is 0 Å². The van der Waals surface area contributed by atoms with E-state index in [1.807, 2.05) is 13.1 Å². The fourth-order valence-electron chi connectivity index (χ4n) is 1.55. The molecule has 0 radical (unpaired) electrons. The summed E-state index contributed by atoms with van der Waals surface area (Å²) in [4.78, 5) is 10.4. The van der Waals surface area contributed by atoms with Gasteiger partial charge < -0.3 is 9.53 Å². The van der Waals surface area contributed by atoms with Crippen LogP contribution in [-0.2, 0) is 4.43 Å². The molecule has 0 heterocycles. The van der Waals surface area contributed by atoms with Crippen molar-refractivity contribution in [1.82, 2.24) is 0 Å². The summed E-state index contributed by atoms with van der Waals surface area (Å²) >= 11 is 0. The molecule has 0 aliphatic carbocycles. The minimum atomic E-state index is -1.97. The number of hydrogen-bond donors (Lipinski definition) is 1. The molecule has 0 unspecified atom stereocenters. The largest absolute Gasteiger partial charge is 0.491 e. The average molecular weight is 204 g/mol. The summed E-state index contributed by atoms with van der Waals surface area (Å²) in [6, 6.07) is 0.937. The van der Waals surface area contributed by atoms with Crippen molar-refractivity contribution in [2.24, 2.45) is 5.92 Å². The Bertz CT molecular complexity index is 164. The van der Waals surface area contributed by atoms with E-state index in [2.05, 4.69) is 13.8 Å². The van der Waals surface area contributed by atoms with Crippen molar-refractivity contribution in [3.8, 4) is 0 Å². The fourth-order valence-corrected chi connectivity index (χ4v) is 4.07. The number of hydrogen-bond acceptors (Lipinski definition) is 2. The normalized spacial score (nSPS) is 11.8. The SMILES string of the molecule is CCC(CC)C[Si](C)(C)OC(=O)O. The summed E-state index contributed by atoms with van der Waals surface area (Å²) in [6.45, 7) is 8.19. The van der Waals surface area contributed by atoms with Crippen LogP contribution in [0.25, 0.3) is 0 Å². The molecule has 0 spiro atoms. The molecule has 13 heavy (non-hydrogen) atoms. The van der Waals surface area contributed by atoms with E-state index in [1.165, 1.54) is 0 Å². The van der Waals surface area contributed by atoms with Crippen LogP contribution in [0.1, 0.15) is 26.7 Å². The minimum absolute atomic E-state index is 0.612. The van der Waals surface area contributed by atoms with Gasteiger partial charge in [-0.1, -0.05) is 26.7 Å². The zero-order valence-electron chi connectivity index (χ0n) is 8.96. The molecule has 3 nitrogen and oxygen atoms in total. The van der Waals surface area contributed by atoms with Crippen molar-refractivity contribution >= 4 is 14.5 Å². The summed E-state index contributed by atoms with van der Waals surface area (Å²) in [5.74, 6) is 0.612. The summed E-state index contributed by atoms with van der Waals surface area (Å²) < 4.78 is 4.93. The van der Waals surface area contributed by atoms with E-state index in [0.29, 0.717) is 5.92 Å².